The van der Waals surface area contributed by atoms with Gasteiger partial charge in [0.15, 0.2) is 0 Å². The van der Waals surface area contributed by atoms with E-state index < -0.39 is 0 Å². The molecule has 0 aliphatic carbocycles. The average molecular weight is 378 g/mol. The number of likely N-dealkylation sites (N-methyl/N-ethyl adjacent to an activating group) is 1. The maximum absolute atomic E-state index is 12.6. The molecule has 0 saturated heterocycles. The molecular formula is C20H22N6O2. The number of benzene rings is 1. The van der Waals surface area contributed by atoms with Crippen LogP contribution >= 0.6 is 0 Å². The molecule has 0 unspecified atom stereocenters. The van der Waals surface area contributed by atoms with Crippen molar-refractivity contribution in [3.63, 3.8) is 0 Å². The molecule has 2 heterocycles. The largest absolute Gasteiger partial charge is 0.343 e. The van der Waals surface area contributed by atoms with Gasteiger partial charge in [0, 0.05) is 57.8 Å². The van der Waals surface area contributed by atoms with E-state index in [9.17, 15) is 9.59 Å². The number of nitrogens with zero attached hydrogens (tertiary/aromatic N) is 6. The number of hydrogen-bond acceptors (Lipinski definition) is 5. The van der Waals surface area contributed by atoms with Crippen LogP contribution in [0.25, 0.3) is 11.3 Å². The molecule has 0 fully saturated rings. The summed E-state index contributed by atoms with van der Waals surface area (Å²) >= 11 is 0. The summed E-state index contributed by atoms with van der Waals surface area (Å²) < 4.78 is 1.92. The summed E-state index contributed by atoms with van der Waals surface area (Å²) in [5.74, 6) is -0.269. The fourth-order valence-electron chi connectivity index (χ4n) is 2.63. The maximum Gasteiger partial charge on any atom is 0.273 e. The Kier molecular flexibility index (Phi) is 5.78. The van der Waals surface area contributed by atoms with E-state index in [4.69, 9.17) is 0 Å². The molecule has 0 saturated carbocycles. The van der Waals surface area contributed by atoms with Crippen LogP contribution in [0.2, 0.25) is 0 Å². The Bertz CT molecular complexity index is 951. The van der Waals surface area contributed by atoms with E-state index in [1.54, 1.807) is 56.9 Å². The quantitative estimate of drug-likeness (QED) is 0.653. The zero-order valence-electron chi connectivity index (χ0n) is 16.1. The first-order valence-electron chi connectivity index (χ1n) is 8.81. The number of rotatable bonds is 6. The second-order valence-electron chi connectivity index (χ2n) is 6.59. The predicted molar refractivity (Wildman–Crippen MR) is 105 cm³/mol. The third-order valence-electron chi connectivity index (χ3n) is 4.29. The van der Waals surface area contributed by atoms with Gasteiger partial charge in [-0.1, -0.05) is 12.1 Å². The van der Waals surface area contributed by atoms with Crippen LogP contribution in [0.1, 0.15) is 20.8 Å². The molecule has 2 aromatic heterocycles. The molecule has 144 valence electrons. The first-order valence-corrected chi connectivity index (χ1v) is 8.81. The van der Waals surface area contributed by atoms with Crippen LogP contribution < -0.4 is 0 Å². The molecule has 28 heavy (non-hydrogen) atoms. The van der Waals surface area contributed by atoms with Gasteiger partial charge in [-0.25, -0.2) is 9.97 Å². The third-order valence-corrected chi connectivity index (χ3v) is 4.29. The Morgan fingerprint density at radius 2 is 1.75 bits per heavy atom. The molecular weight excluding hydrogens is 356 g/mol. The molecule has 0 N–H and O–H groups in total. The number of carbonyl (C=O) groups is 2. The van der Waals surface area contributed by atoms with Crippen molar-refractivity contribution in [2.45, 2.75) is 6.54 Å². The molecule has 0 bridgehead atoms. The van der Waals surface area contributed by atoms with Crippen LogP contribution in [0.3, 0.4) is 0 Å². The van der Waals surface area contributed by atoms with E-state index in [0.29, 0.717) is 24.3 Å². The second kappa shape index (κ2) is 8.43. The molecule has 3 aromatic rings. The normalized spacial score (nSPS) is 10.5. The minimum Gasteiger partial charge on any atom is -0.343 e. The minimum absolute atomic E-state index is 0.0608. The summed E-state index contributed by atoms with van der Waals surface area (Å²) in [6, 6.07) is 7.14. The van der Waals surface area contributed by atoms with Crippen LogP contribution in [0.15, 0.2) is 55.4 Å². The topological polar surface area (TPSA) is 84.2 Å². The van der Waals surface area contributed by atoms with Gasteiger partial charge in [-0.2, -0.15) is 0 Å². The maximum atomic E-state index is 12.6. The fraction of sp³-hybridized carbons (Fsp3) is 0.250. The van der Waals surface area contributed by atoms with Gasteiger partial charge in [0.25, 0.3) is 11.8 Å². The summed E-state index contributed by atoms with van der Waals surface area (Å²) in [5.41, 5.74) is 2.24. The van der Waals surface area contributed by atoms with Gasteiger partial charge >= 0.3 is 0 Å². The number of carbonyl (C=O) groups excluding carboxylic acids is 2. The van der Waals surface area contributed by atoms with Crippen LogP contribution in [0, 0.1) is 0 Å². The van der Waals surface area contributed by atoms with Crippen LogP contribution in [-0.4, -0.2) is 68.8 Å². The standard InChI is InChI=1S/C20H22N6O2/c1-24(2)20(28)18-13-22-12-17(23-18)15-4-6-16(7-5-15)19(27)25(3)10-11-26-9-8-21-14-26/h4-9,12-14H,10-11H2,1-3H3. The summed E-state index contributed by atoms with van der Waals surface area (Å²) in [5, 5.41) is 0. The Labute approximate surface area is 163 Å². The molecule has 0 aliphatic heterocycles. The monoisotopic (exact) mass is 378 g/mol. The molecule has 8 nitrogen and oxygen atoms in total. The van der Waals surface area contributed by atoms with Gasteiger partial charge in [0.05, 0.1) is 24.4 Å². The molecule has 0 atom stereocenters. The number of aromatic nitrogens is 4. The van der Waals surface area contributed by atoms with Crippen LogP contribution in [-0.2, 0) is 6.54 Å². The van der Waals surface area contributed by atoms with Gasteiger partial charge in [-0.15, -0.1) is 0 Å². The van der Waals surface area contributed by atoms with E-state index in [1.165, 1.54) is 11.1 Å². The van der Waals surface area contributed by atoms with Crippen molar-refractivity contribution in [3.8, 4) is 11.3 Å². The van der Waals surface area contributed by atoms with Gasteiger partial charge < -0.3 is 14.4 Å². The van der Waals surface area contributed by atoms with Crippen molar-refractivity contribution >= 4 is 11.8 Å². The van der Waals surface area contributed by atoms with Gasteiger partial charge in [-0.3, -0.25) is 14.6 Å². The van der Waals surface area contributed by atoms with E-state index >= 15 is 0 Å². The average Bonchev–Trinajstić information content (AvgIpc) is 3.24. The SMILES string of the molecule is CN(C)C(=O)c1cncc(-c2ccc(C(=O)N(C)CCn3ccnc3)cc2)n1. The highest BCUT2D eigenvalue weighted by Gasteiger charge is 2.14. The van der Waals surface area contributed by atoms with E-state index in [2.05, 4.69) is 15.0 Å². The Balaban J connectivity index is 1.70. The van der Waals surface area contributed by atoms with Gasteiger partial charge in [-0.05, 0) is 12.1 Å². The van der Waals surface area contributed by atoms with Crippen molar-refractivity contribution in [3.05, 3.63) is 66.6 Å². The second-order valence-corrected chi connectivity index (χ2v) is 6.59. The molecule has 8 heteroatoms. The smallest absolute Gasteiger partial charge is 0.273 e. The number of amides is 2. The highest BCUT2D eigenvalue weighted by molar-refractivity contribution is 5.94. The lowest BCUT2D eigenvalue weighted by atomic mass is 10.1. The summed E-state index contributed by atoms with van der Waals surface area (Å²) in [4.78, 5) is 40.3. The van der Waals surface area contributed by atoms with Crippen molar-refractivity contribution in [1.82, 2.24) is 29.3 Å². The fourth-order valence-corrected chi connectivity index (χ4v) is 2.63. The molecule has 2 amide bonds. The van der Waals surface area contributed by atoms with E-state index in [0.717, 1.165) is 5.56 Å². The van der Waals surface area contributed by atoms with Crippen molar-refractivity contribution in [2.75, 3.05) is 27.7 Å². The zero-order valence-corrected chi connectivity index (χ0v) is 16.1. The first-order chi connectivity index (χ1) is 13.5. The predicted octanol–water partition coefficient (Wildman–Crippen LogP) is 1.81. The molecule has 0 aliphatic rings. The highest BCUT2D eigenvalue weighted by Crippen LogP contribution is 2.18. The molecule has 0 spiro atoms. The Hall–Kier alpha value is -3.55. The van der Waals surface area contributed by atoms with Gasteiger partial charge in [0.2, 0.25) is 0 Å². The van der Waals surface area contributed by atoms with Crippen LogP contribution in [0.4, 0.5) is 0 Å². The zero-order chi connectivity index (χ0) is 20.1. The summed E-state index contributed by atoms with van der Waals surface area (Å²) in [7, 11) is 5.11. The van der Waals surface area contributed by atoms with E-state index in [-0.39, 0.29) is 17.5 Å². The van der Waals surface area contributed by atoms with E-state index in [1.807, 2.05) is 22.9 Å². The summed E-state index contributed by atoms with van der Waals surface area (Å²) in [6.07, 6.45) is 8.34. The first kappa shape index (κ1) is 19.2. The lowest BCUT2D eigenvalue weighted by molar-refractivity contribution is 0.0789. The van der Waals surface area contributed by atoms with Crippen molar-refractivity contribution < 1.29 is 9.59 Å². The highest BCUT2D eigenvalue weighted by atomic mass is 16.2. The lowest BCUT2D eigenvalue weighted by Gasteiger charge is -2.17. The Morgan fingerprint density at radius 1 is 1.00 bits per heavy atom. The number of hydrogen-bond donors (Lipinski definition) is 0. The Morgan fingerprint density at radius 3 is 2.39 bits per heavy atom. The van der Waals surface area contributed by atoms with Crippen molar-refractivity contribution in [2.24, 2.45) is 0 Å². The third kappa shape index (κ3) is 4.40. The van der Waals surface area contributed by atoms with Crippen LogP contribution in [0.5, 0.6) is 0 Å². The lowest BCUT2D eigenvalue weighted by Crippen LogP contribution is -2.29. The summed E-state index contributed by atoms with van der Waals surface area (Å²) in [6.45, 7) is 1.26. The molecule has 3 rings (SSSR count). The van der Waals surface area contributed by atoms with Crippen molar-refractivity contribution in [1.29, 1.82) is 0 Å². The number of imidazole rings is 1. The van der Waals surface area contributed by atoms with Gasteiger partial charge in [0.1, 0.15) is 5.69 Å². The molecule has 0 radical (unpaired) electrons. The molecule has 1 aromatic carbocycles. The minimum atomic E-state index is -0.208.